The summed E-state index contributed by atoms with van der Waals surface area (Å²) in [5.41, 5.74) is -1.65. The molecule has 2 N–H and O–H groups in total. The molecule has 0 heterocycles. The molecule has 2 amide bonds. The first-order chi connectivity index (χ1) is 15.7. The zero-order chi connectivity index (χ0) is 24.1. The van der Waals surface area contributed by atoms with E-state index in [0.717, 1.165) is 0 Å². The second-order valence-corrected chi connectivity index (χ2v) is 8.25. The monoisotopic (exact) mass is 582 g/mol. The average molecular weight is 584 g/mol. The largest absolute Gasteiger partial charge is 0.406 e. The molecular formula is C24H19Br2F3N2O2. The summed E-state index contributed by atoms with van der Waals surface area (Å²) in [6, 6.07) is 18.9. The number of carbonyl (C=O) groups is 2. The average Bonchev–Trinajstić information content (AvgIpc) is 2.81. The van der Waals surface area contributed by atoms with Crippen molar-refractivity contribution in [3.63, 3.8) is 0 Å². The van der Waals surface area contributed by atoms with Gasteiger partial charge in [0.05, 0.1) is 10.7 Å². The molecule has 0 fully saturated rings. The number of carbonyl (C=O) groups excluding carboxylic acids is 2. The van der Waals surface area contributed by atoms with Crippen molar-refractivity contribution in [2.24, 2.45) is 0 Å². The lowest BCUT2D eigenvalue weighted by atomic mass is 9.68. The van der Waals surface area contributed by atoms with Gasteiger partial charge < -0.3 is 10.6 Å². The number of rotatable bonds is 7. The zero-order valence-electron chi connectivity index (χ0n) is 17.1. The van der Waals surface area contributed by atoms with Crippen LogP contribution < -0.4 is 10.6 Å². The van der Waals surface area contributed by atoms with Gasteiger partial charge in [-0.25, -0.2) is 0 Å². The molecule has 0 aliphatic heterocycles. The zero-order valence-corrected chi connectivity index (χ0v) is 20.3. The lowest BCUT2D eigenvalue weighted by Crippen LogP contribution is -2.44. The highest BCUT2D eigenvalue weighted by Crippen LogP contribution is 2.51. The molecule has 0 spiro atoms. The molecule has 0 aliphatic carbocycles. The van der Waals surface area contributed by atoms with E-state index in [1.54, 1.807) is 18.2 Å². The molecule has 0 bridgehead atoms. The van der Waals surface area contributed by atoms with Crippen LogP contribution in [0.25, 0.3) is 0 Å². The Morgan fingerprint density at radius 3 is 1.33 bits per heavy atom. The summed E-state index contributed by atoms with van der Waals surface area (Å²) in [5.74, 6) is -0.622. The fourth-order valence-electron chi connectivity index (χ4n) is 3.68. The van der Waals surface area contributed by atoms with Crippen molar-refractivity contribution in [3.05, 3.63) is 95.6 Å². The fraction of sp³-hybridized carbons (Fsp3) is 0.167. The molecule has 172 valence electrons. The minimum Gasteiger partial charge on any atom is -0.325 e. The molecule has 3 aromatic carbocycles. The lowest BCUT2D eigenvalue weighted by Gasteiger charge is -2.37. The van der Waals surface area contributed by atoms with Crippen LogP contribution in [0.4, 0.5) is 24.5 Å². The number of alkyl halides is 5. The summed E-state index contributed by atoms with van der Waals surface area (Å²) in [4.78, 5) is 23.2. The number of anilines is 2. The number of benzene rings is 3. The normalized spacial score (nSPS) is 11.7. The van der Waals surface area contributed by atoms with Gasteiger partial charge >= 0.3 is 6.18 Å². The Morgan fingerprint density at radius 1 is 0.636 bits per heavy atom. The first-order valence-electron chi connectivity index (χ1n) is 9.77. The van der Waals surface area contributed by atoms with Crippen LogP contribution in [0.2, 0.25) is 0 Å². The topological polar surface area (TPSA) is 58.2 Å². The van der Waals surface area contributed by atoms with Crippen LogP contribution >= 0.6 is 31.9 Å². The maximum Gasteiger partial charge on any atom is 0.406 e. The smallest absolute Gasteiger partial charge is 0.325 e. The lowest BCUT2D eigenvalue weighted by molar-refractivity contribution is -0.166. The van der Waals surface area contributed by atoms with Crippen molar-refractivity contribution in [1.82, 2.24) is 0 Å². The van der Waals surface area contributed by atoms with Gasteiger partial charge in [0.2, 0.25) is 11.8 Å². The first-order valence-corrected chi connectivity index (χ1v) is 12.0. The third kappa shape index (κ3) is 5.30. The quantitative estimate of drug-likeness (QED) is 0.255. The summed E-state index contributed by atoms with van der Waals surface area (Å²) < 4.78 is 45.0. The summed E-state index contributed by atoms with van der Waals surface area (Å²) in [6.45, 7) is 0. The van der Waals surface area contributed by atoms with Gasteiger partial charge in [-0.3, -0.25) is 9.59 Å². The van der Waals surface area contributed by atoms with E-state index in [2.05, 4.69) is 42.5 Å². The molecule has 0 saturated carbocycles. The molecule has 0 aromatic heterocycles. The summed E-state index contributed by atoms with van der Waals surface area (Å²) in [5, 5.41) is 5.36. The SMILES string of the molecule is O=C(CBr)Nc1ccc(C(c2ccccc2)(c2ccc(NC(=O)CBr)cc2)C(F)(F)F)cc1. The molecule has 3 rings (SSSR count). The van der Waals surface area contributed by atoms with Crippen LogP contribution in [-0.4, -0.2) is 28.7 Å². The Labute approximate surface area is 205 Å². The van der Waals surface area contributed by atoms with Crippen molar-refractivity contribution in [2.45, 2.75) is 11.6 Å². The predicted molar refractivity (Wildman–Crippen MR) is 130 cm³/mol. The Balaban J connectivity index is 2.18. The third-order valence-electron chi connectivity index (χ3n) is 5.08. The molecule has 0 aliphatic rings. The number of hydrogen-bond acceptors (Lipinski definition) is 2. The molecule has 4 nitrogen and oxygen atoms in total. The molecule has 33 heavy (non-hydrogen) atoms. The molecule has 9 heteroatoms. The van der Waals surface area contributed by atoms with Crippen molar-refractivity contribution in [1.29, 1.82) is 0 Å². The van der Waals surface area contributed by atoms with E-state index in [4.69, 9.17) is 0 Å². The Bertz CT molecular complexity index is 1040. The van der Waals surface area contributed by atoms with Crippen LogP contribution in [0.3, 0.4) is 0 Å². The first kappa shape index (κ1) is 25.0. The van der Waals surface area contributed by atoms with E-state index < -0.39 is 11.6 Å². The Kier molecular flexibility index (Phi) is 7.97. The van der Waals surface area contributed by atoms with E-state index in [9.17, 15) is 9.59 Å². The van der Waals surface area contributed by atoms with E-state index in [0.29, 0.717) is 11.4 Å². The van der Waals surface area contributed by atoms with Crippen LogP contribution in [0.15, 0.2) is 78.9 Å². The third-order valence-corrected chi connectivity index (χ3v) is 6.10. The van der Waals surface area contributed by atoms with Gasteiger partial charge in [0.1, 0.15) is 5.41 Å². The summed E-state index contributed by atoms with van der Waals surface area (Å²) in [7, 11) is 0. The maximum absolute atomic E-state index is 15.0. The van der Waals surface area contributed by atoms with Crippen LogP contribution in [-0.2, 0) is 15.0 Å². The van der Waals surface area contributed by atoms with E-state index in [-0.39, 0.29) is 39.2 Å². The highest BCUT2D eigenvalue weighted by atomic mass is 79.9. The van der Waals surface area contributed by atoms with Gasteiger partial charge in [0.15, 0.2) is 0 Å². The molecule has 0 atom stereocenters. The van der Waals surface area contributed by atoms with Crippen molar-refractivity contribution in [2.75, 3.05) is 21.3 Å². The minimum absolute atomic E-state index is 0.00437. The fourth-order valence-corrected chi connectivity index (χ4v) is 3.96. The Morgan fingerprint density at radius 2 is 1.00 bits per heavy atom. The summed E-state index contributed by atoms with van der Waals surface area (Å²) >= 11 is 6.08. The highest BCUT2D eigenvalue weighted by molar-refractivity contribution is 9.09. The van der Waals surface area contributed by atoms with Gasteiger partial charge in [-0.05, 0) is 41.0 Å². The molecular weight excluding hydrogens is 565 g/mol. The van der Waals surface area contributed by atoms with Crippen molar-refractivity contribution < 1.29 is 22.8 Å². The number of hydrogen-bond donors (Lipinski definition) is 2. The predicted octanol–water partition coefficient (Wildman–Crippen LogP) is 6.25. The molecule has 3 aromatic rings. The van der Waals surface area contributed by atoms with Crippen LogP contribution in [0.5, 0.6) is 0 Å². The van der Waals surface area contributed by atoms with E-state index in [1.165, 1.54) is 60.7 Å². The van der Waals surface area contributed by atoms with Crippen LogP contribution in [0, 0.1) is 0 Å². The van der Waals surface area contributed by atoms with Gasteiger partial charge in [-0.1, -0.05) is 86.5 Å². The van der Waals surface area contributed by atoms with Gasteiger partial charge in [-0.2, -0.15) is 13.2 Å². The maximum atomic E-state index is 15.0. The van der Waals surface area contributed by atoms with Crippen molar-refractivity contribution >= 4 is 55.0 Å². The van der Waals surface area contributed by atoms with Crippen molar-refractivity contribution in [3.8, 4) is 0 Å². The summed E-state index contributed by atoms with van der Waals surface area (Å²) in [6.07, 6.45) is -4.70. The van der Waals surface area contributed by atoms with E-state index in [1.807, 2.05) is 0 Å². The standard InChI is InChI=1S/C24H19Br2F3N2O2/c25-14-21(32)30-19-10-6-17(7-11-19)23(24(27,28)29,16-4-2-1-3-5-16)18-8-12-20(13-9-18)31-22(33)15-26/h1-13H,14-15H2,(H,30,32)(H,31,33). The molecule has 0 unspecified atom stereocenters. The number of amides is 2. The van der Waals surface area contributed by atoms with Crippen LogP contribution in [0.1, 0.15) is 16.7 Å². The second-order valence-electron chi connectivity index (χ2n) is 7.13. The van der Waals surface area contributed by atoms with Gasteiger partial charge in [0, 0.05) is 11.4 Å². The van der Waals surface area contributed by atoms with E-state index >= 15 is 13.2 Å². The number of nitrogens with one attached hydrogen (secondary N) is 2. The highest BCUT2D eigenvalue weighted by Gasteiger charge is 2.58. The Hall–Kier alpha value is -2.65. The minimum atomic E-state index is -4.70. The second kappa shape index (κ2) is 10.5. The molecule has 0 saturated heterocycles. The molecule has 0 radical (unpaired) electrons. The van der Waals surface area contributed by atoms with Gasteiger partial charge in [-0.15, -0.1) is 0 Å². The number of halogens is 5. The van der Waals surface area contributed by atoms with Gasteiger partial charge in [0.25, 0.3) is 0 Å².